The molecule has 2 unspecified atom stereocenters. The molecule has 0 saturated heterocycles. The Bertz CT molecular complexity index is 387. The smallest absolute Gasteiger partial charge is 0.240 e. The Morgan fingerprint density at radius 3 is 2.75 bits per heavy atom. The molecule has 1 rings (SSSR count). The Balaban J connectivity index is 2.86. The first-order valence-electron chi connectivity index (χ1n) is 4.84. The van der Waals surface area contributed by atoms with Gasteiger partial charge in [-0.1, -0.05) is 12.1 Å². The van der Waals surface area contributed by atoms with Crippen molar-refractivity contribution in [3.63, 3.8) is 0 Å². The van der Waals surface area contributed by atoms with Crippen molar-refractivity contribution in [2.45, 2.75) is 18.6 Å². The highest BCUT2D eigenvalue weighted by molar-refractivity contribution is 5.50. The first kappa shape index (κ1) is 12.5. The second kappa shape index (κ2) is 6.15. The van der Waals surface area contributed by atoms with Crippen LogP contribution in [0, 0.1) is 0 Å². The average molecular weight is 223 g/mol. The van der Waals surface area contributed by atoms with Crippen LogP contribution in [-0.2, 0) is 4.79 Å². The summed E-state index contributed by atoms with van der Waals surface area (Å²) in [5.41, 5.74) is 0.806. The van der Waals surface area contributed by atoms with Gasteiger partial charge in [-0.15, -0.1) is 0 Å². The minimum atomic E-state index is -1.10. The molecule has 0 saturated carbocycles. The lowest BCUT2D eigenvalue weighted by Gasteiger charge is -2.17. The van der Waals surface area contributed by atoms with Crippen molar-refractivity contribution in [2.24, 2.45) is 4.99 Å². The number of hydrogen-bond donors (Lipinski definition) is 3. The molecule has 16 heavy (non-hydrogen) atoms. The quantitative estimate of drug-likeness (QED) is 0.498. The fourth-order valence-corrected chi connectivity index (χ4v) is 1.34. The fraction of sp³-hybridized carbons (Fsp3) is 0.364. The van der Waals surface area contributed by atoms with E-state index in [4.69, 9.17) is 5.11 Å². The number of isocyanates is 1. The van der Waals surface area contributed by atoms with Crippen LogP contribution in [0.3, 0.4) is 0 Å². The number of benzene rings is 1. The van der Waals surface area contributed by atoms with Gasteiger partial charge in [0.2, 0.25) is 6.08 Å². The van der Waals surface area contributed by atoms with Crippen LogP contribution < -0.4 is 0 Å². The van der Waals surface area contributed by atoms with Crippen molar-refractivity contribution in [2.75, 3.05) is 6.61 Å². The number of aliphatic hydroxyl groups excluding tert-OH is 3. The standard InChI is InChI=1S/C11H13NO4/c13-5-4-10(15)11(16)8-2-1-3-9(6-8)12-7-14/h1-3,6,10-11,13,15-16H,4-5H2. The maximum absolute atomic E-state index is 10.1. The molecule has 86 valence electrons. The lowest BCUT2D eigenvalue weighted by molar-refractivity contribution is 0.00424. The predicted molar refractivity (Wildman–Crippen MR) is 56.9 cm³/mol. The third-order valence-electron chi connectivity index (χ3n) is 2.18. The van der Waals surface area contributed by atoms with E-state index in [1.165, 1.54) is 12.1 Å². The number of carbonyl (C=O) groups excluding carboxylic acids is 1. The van der Waals surface area contributed by atoms with Crippen LogP contribution in [-0.4, -0.2) is 34.1 Å². The van der Waals surface area contributed by atoms with Gasteiger partial charge in [-0.3, -0.25) is 0 Å². The molecule has 0 fully saturated rings. The molecule has 5 heteroatoms. The molecule has 2 atom stereocenters. The molecule has 3 N–H and O–H groups in total. The summed E-state index contributed by atoms with van der Waals surface area (Å²) in [6, 6.07) is 6.28. The third-order valence-corrected chi connectivity index (χ3v) is 2.18. The van der Waals surface area contributed by atoms with Gasteiger partial charge in [-0.2, -0.15) is 4.99 Å². The van der Waals surface area contributed by atoms with Crippen LogP contribution in [0.2, 0.25) is 0 Å². The normalized spacial score (nSPS) is 13.9. The molecular weight excluding hydrogens is 210 g/mol. The molecule has 1 aromatic rings. The predicted octanol–water partition coefficient (Wildman–Crippen LogP) is 0.431. The lowest BCUT2D eigenvalue weighted by atomic mass is 10.0. The summed E-state index contributed by atoms with van der Waals surface area (Å²) < 4.78 is 0. The van der Waals surface area contributed by atoms with Gasteiger partial charge < -0.3 is 15.3 Å². The van der Waals surface area contributed by atoms with Gasteiger partial charge in [0.1, 0.15) is 6.10 Å². The van der Waals surface area contributed by atoms with Gasteiger partial charge in [-0.25, -0.2) is 4.79 Å². The van der Waals surface area contributed by atoms with Crippen LogP contribution in [0.25, 0.3) is 0 Å². The second-order valence-electron chi connectivity index (χ2n) is 3.32. The van der Waals surface area contributed by atoms with Crippen LogP contribution in [0.5, 0.6) is 0 Å². The number of rotatable bonds is 5. The van der Waals surface area contributed by atoms with Crippen LogP contribution in [0.1, 0.15) is 18.1 Å². The highest BCUT2D eigenvalue weighted by Gasteiger charge is 2.17. The van der Waals surface area contributed by atoms with E-state index >= 15 is 0 Å². The maximum atomic E-state index is 10.1. The van der Waals surface area contributed by atoms with E-state index in [9.17, 15) is 15.0 Å². The summed E-state index contributed by atoms with van der Waals surface area (Å²) in [4.78, 5) is 13.5. The van der Waals surface area contributed by atoms with E-state index in [0.717, 1.165) is 0 Å². The molecule has 0 heterocycles. The van der Waals surface area contributed by atoms with Crippen molar-refractivity contribution < 1.29 is 20.1 Å². The topological polar surface area (TPSA) is 90.1 Å². The second-order valence-corrected chi connectivity index (χ2v) is 3.32. The SMILES string of the molecule is O=C=Nc1cccc(C(O)C(O)CCO)c1. The fourth-order valence-electron chi connectivity index (χ4n) is 1.34. The van der Waals surface area contributed by atoms with Crippen molar-refractivity contribution in [1.29, 1.82) is 0 Å². The van der Waals surface area contributed by atoms with Crippen molar-refractivity contribution in [3.05, 3.63) is 29.8 Å². The maximum Gasteiger partial charge on any atom is 0.240 e. The van der Waals surface area contributed by atoms with E-state index in [-0.39, 0.29) is 13.0 Å². The molecular formula is C11H13NO4. The summed E-state index contributed by atoms with van der Waals surface area (Å²) in [7, 11) is 0. The van der Waals surface area contributed by atoms with Gasteiger partial charge in [0.05, 0.1) is 11.8 Å². The minimum Gasteiger partial charge on any atom is -0.396 e. The largest absolute Gasteiger partial charge is 0.396 e. The van der Waals surface area contributed by atoms with Crippen LogP contribution >= 0.6 is 0 Å². The summed E-state index contributed by atoms with van der Waals surface area (Å²) in [5, 5.41) is 27.8. The minimum absolute atomic E-state index is 0.0857. The Morgan fingerprint density at radius 2 is 2.12 bits per heavy atom. The van der Waals surface area contributed by atoms with Gasteiger partial charge in [-0.05, 0) is 24.1 Å². The monoisotopic (exact) mass is 223 g/mol. The van der Waals surface area contributed by atoms with Gasteiger partial charge in [0, 0.05) is 6.61 Å². The number of aliphatic imine (C=N–C) groups is 1. The molecule has 0 radical (unpaired) electrons. The molecule has 0 bridgehead atoms. The zero-order chi connectivity index (χ0) is 12.0. The summed E-state index contributed by atoms with van der Waals surface area (Å²) in [5.74, 6) is 0. The average Bonchev–Trinajstić information content (AvgIpc) is 2.29. The van der Waals surface area contributed by atoms with E-state index in [0.29, 0.717) is 11.3 Å². The van der Waals surface area contributed by atoms with E-state index in [1.54, 1.807) is 18.2 Å². The van der Waals surface area contributed by atoms with Crippen LogP contribution in [0.4, 0.5) is 5.69 Å². The molecule has 0 amide bonds. The Hall–Kier alpha value is -1.52. The number of hydrogen-bond acceptors (Lipinski definition) is 5. The Labute approximate surface area is 92.7 Å². The van der Waals surface area contributed by atoms with Crippen molar-refractivity contribution in [1.82, 2.24) is 0 Å². The molecule has 0 aliphatic rings. The first-order chi connectivity index (χ1) is 7.69. The first-order valence-corrected chi connectivity index (χ1v) is 4.84. The lowest BCUT2D eigenvalue weighted by Crippen LogP contribution is -2.19. The highest BCUT2D eigenvalue weighted by Crippen LogP contribution is 2.22. The van der Waals surface area contributed by atoms with Gasteiger partial charge >= 0.3 is 0 Å². The molecule has 0 spiro atoms. The number of aliphatic hydroxyl groups is 3. The molecule has 5 nitrogen and oxygen atoms in total. The van der Waals surface area contributed by atoms with Crippen molar-refractivity contribution >= 4 is 11.8 Å². The zero-order valence-electron chi connectivity index (χ0n) is 8.58. The highest BCUT2D eigenvalue weighted by atomic mass is 16.3. The molecule has 1 aromatic carbocycles. The zero-order valence-corrected chi connectivity index (χ0v) is 8.58. The van der Waals surface area contributed by atoms with E-state index in [1.807, 2.05) is 0 Å². The van der Waals surface area contributed by atoms with Gasteiger partial charge in [0.25, 0.3) is 0 Å². The van der Waals surface area contributed by atoms with Crippen LogP contribution in [0.15, 0.2) is 29.3 Å². The number of nitrogens with zero attached hydrogens (tertiary/aromatic N) is 1. The Kier molecular flexibility index (Phi) is 4.82. The third kappa shape index (κ3) is 3.25. The van der Waals surface area contributed by atoms with E-state index in [2.05, 4.69) is 4.99 Å². The molecule has 0 aliphatic carbocycles. The van der Waals surface area contributed by atoms with E-state index < -0.39 is 12.2 Å². The summed E-state index contributed by atoms with van der Waals surface area (Å²) in [6.07, 6.45) is -0.663. The molecule has 0 aromatic heterocycles. The Morgan fingerprint density at radius 1 is 1.38 bits per heavy atom. The summed E-state index contributed by atoms with van der Waals surface area (Å²) >= 11 is 0. The van der Waals surface area contributed by atoms with Crippen molar-refractivity contribution in [3.8, 4) is 0 Å². The van der Waals surface area contributed by atoms with Gasteiger partial charge in [0.15, 0.2) is 0 Å². The molecule has 0 aliphatic heterocycles. The summed E-state index contributed by atoms with van der Waals surface area (Å²) in [6.45, 7) is -0.204.